The van der Waals surface area contributed by atoms with E-state index in [4.69, 9.17) is 4.74 Å². The summed E-state index contributed by atoms with van der Waals surface area (Å²) in [4.78, 5) is 12.4. The fraction of sp³-hybridized carbons (Fsp3) is 0.261. The molecule has 1 heterocycles. The number of hydrogen-bond donors (Lipinski definition) is 1. The Morgan fingerprint density at radius 2 is 2.03 bits per heavy atom. The molecule has 0 bridgehead atoms. The van der Waals surface area contributed by atoms with E-state index in [0.717, 1.165) is 26.1 Å². The second-order valence-corrected chi connectivity index (χ2v) is 9.27. The van der Waals surface area contributed by atoms with Gasteiger partial charge in [0, 0.05) is 15.8 Å². The Hall–Kier alpha value is -2.33. The van der Waals surface area contributed by atoms with Gasteiger partial charge in [0.1, 0.15) is 12.4 Å². The molecule has 0 radical (unpaired) electrons. The first-order valence-electron chi connectivity index (χ1n) is 9.80. The Balaban J connectivity index is 1.64. The molecular formula is C23H25IN4O2S. The van der Waals surface area contributed by atoms with Gasteiger partial charge in [-0.3, -0.25) is 9.36 Å². The van der Waals surface area contributed by atoms with Gasteiger partial charge in [0.25, 0.3) is 0 Å². The molecule has 6 nitrogen and oxygen atoms in total. The largest absolute Gasteiger partial charge is 0.485 e. The number of allylic oxidation sites excluding steroid dienone is 1. The topological polar surface area (TPSA) is 69.0 Å². The summed E-state index contributed by atoms with van der Waals surface area (Å²) in [6, 6.07) is 11.9. The van der Waals surface area contributed by atoms with Crippen LogP contribution in [0.15, 0.2) is 54.2 Å². The van der Waals surface area contributed by atoms with Gasteiger partial charge in [-0.05, 0) is 84.3 Å². The maximum absolute atomic E-state index is 12.4. The Morgan fingerprint density at radius 3 is 2.77 bits per heavy atom. The first-order valence-corrected chi connectivity index (χ1v) is 11.9. The number of aromatic nitrogens is 3. The van der Waals surface area contributed by atoms with Gasteiger partial charge in [-0.25, -0.2) is 0 Å². The number of hydrogen-bond acceptors (Lipinski definition) is 5. The highest BCUT2D eigenvalue weighted by Gasteiger charge is 2.15. The average molecular weight is 548 g/mol. The Bertz CT molecular complexity index is 1100. The lowest BCUT2D eigenvalue weighted by molar-refractivity contribution is -0.113. The number of benzene rings is 2. The second kappa shape index (κ2) is 10.8. The van der Waals surface area contributed by atoms with Crippen LogP contribution >= 0.6 is 34.4 Å². The highest BCUT2D eigenvalue weighted by Crippen LogP contribution is 2.23. The summed E-state index contributed by atoms with van der Waals surface area (Å²) in [5, 5.41) is 12.2. The van der Waals surface area contributed by atoms with Gasteiger partial charge in [-0.1, -0.05) is 30.0 Å². The highest BCUT2D eigenvalue weighted by atomic mass is 127. The van der Waals surface area contributed by atoms with Crippen molar-refractivity contribution in [2.45, 2.75) is 39.1 Å². The fourth-order valence-electron chi connectivity index (χ4n) is 2.95. The van der Waals surface area contributed by atoms with Gasteiger partial charge in [0.05, 0.1) is 5.75 Å². The number of aryl methyl sites for hydroxylation is 2. The summed E-state index contributed by atoms with van der Waals surface area (Å²) in [6.45, 7) is 10.7. The van der Waals surface area contributed by atoms with Crippen molar-refractivity contribution in [2.24, 2.45) is 0 Å². The zero-order chi connectivity index (χ0) is 22.4. The van der Waals surface area contributed by atoms with E-state index in [0.29, 0.717) is 24.1 Å². The van der Waals surface area contributed by atoms with Crippen LogP contribution in [0.3, 0.4) is 0 Å². The number of anilines is 1. The summed E-state index contributed by atoms with van der Waals surface area (Å²) in [7, 11) is 0. The van der Waals surface area contributed by atoms with E-state index in [9.17, 15) is 4.79 Å². The zero-order valence-corrected chi connectivity index (χ0v) is 20.8. The van der Waals surface area contributed by atoms with E-state index in [2.05, 4.69) is 57.7 Å². The second-order valence-electron chi connectivity index (χ2n) is 7.08. The predicted molar refractivity (Wildman–Crippen MR) is 134 cm³/mol. The molecule has 2 aromatic carbocycles. The van der Waals surface area contributed by atoms with Crippen LogP contribution in [0.4, 0.5) is 5.69 Å². The molecule has 1 amide bonds. The van der Waals surface area contributed by atoms with Crippen molar-refractivity contribution in [2.75, 3.05) is 11.1 Å². The molecule has 0 aliphatic carbocycles. The summed E-state index contributed by atoms with van der Waals surface area (Å²) < 4.78 is 9.04. The van der Waals surface area contributed by atoms with Crippen LogP contribution in [0.2, 0.25) is 0 Å². The van der Waals surface area contributed by atoms with Crippen LogP contribution in [0.25, 0.3) is 0 Å². The number of halogens is 1. The number of thioether (sulfide) groups is 1. The number of carbonyl (C=O) groups is 1. The van der Waals surface area contributed by atoms with Crippen LogP contribution < -0.4 is 10.1 Å². The summed E-state index contributed by atoms with van der Waals surface area (Å²) in [5.41, 5.74) is 4.14. The van der Waals surface area contributed by atoms with E-state index >= 15 is 0 Å². The van der Waals surface area contributed by atoms with Crippen molar-refractivity contribution >= 4 is 45.9 Å². The Labute approximate surface area is 200 Å². The Kier molecular flexibility index (Phi) is 8.14. The van der Waals surface area contributed by atoms with Crippen molar-refractivity contribution in [3.8, 4) is 5.75 Å². The minimum absolute atomic E-state index is 0.0874. The van der Waals surface area contributed by atoms with Crippen molar-refractivity contribution in [1.82, 2.24) is 14.8 Å². The van der Waals surface area contributed by atoms with Gasteiger partial charge in [0.2, 0.25) is 5.91 Å². The minimum Gasteiger partial charge on any atom is -0.485 e. The smallest absolute Gasteiger partial charge is 0.234 e. The Morgan fingerprint density at radius 1 is 1.23 bits per heavy atom. The van der Waals surface area contributed by atoms with Crippen LogP contribution in [0, 0.1) is 24.3 Å². The molecule has 0 saturated heterocycles. The third-order valence-electron chi connectivity index (χ3n) is 4.81. The molecule has 0 fully saturated rings. The predicted octanol–water partition coefficient (Wildman–Crippen LogP) is 5.30. The van der Waals surface area contributed by atoms with Gasteiger partial charge >= 0.3 is 0 Å². The van der Waals surface area contributed by atoms with Crippen molar-refractivity contribution in [3.63, 3.8) is 0 Å². The number of amides is 1. The molecular weight excluding hydrogens is 523 g/mol. The molecule has 3 rings (SSSR count). The van der Waals surface area contributed by atoms with E-state index in [1.54, 1.807) is 6.08 Å². The molecule has 8 heteroatoms. The normalized spacial score (nSPS) is 10.7. The van der Waals surface area contributed by atoms with Crippen molar-refractivity contribution < 1.29 is 9.53 Å². The van der Waals surface area contributed by atoms with Crippen molar-refractivity contribution in [3.05, 3.63) is 75.1 Å². The molecule has 0 atom stereocenters. The molecule has 0 aliphatic heterocycles. The highest BCUT2D eigenvalue weighted by molar-refractivity contribution is 14.1. The van der Waals surface area contributed by atoms with Crippen LogP contribution in [-0.2, 0) is 17.9 Å². The van der Waals surface area contributed by atoms with Gasteiger partial charge in [0.15, 0.2) is 11.0 Å². The van der Waals surface area contributed by atoms with Crippen LogP contribution in [0.1, 0.15) is 22.5 Å². The summed E-state index contributed by atoms with van der Waals surface area (Å²) in [6.07, 6.45) is 1.78. The summed E-state index contributed by atoms with van der Waals surface area (Å²) >= 11 is 3.60. The number of nitrogens with zero attached hydrogens (tertiary/aromatic N) is 3. The molecule has 3 aromatic rings. The van der Waals surface area contributed by atoms with E-state index in [1.807, 2.05) is 48.7 Å². The molecule has 0 unspecified atom stereocenters. The molecule has 162 valence electrons. The number of carbonyl (C=O) groups excluding carboxylic acids is 1. The van der Waals surface area contributed by atoms with Crippen LogP contribution in [-0.4, -0.2) is 26.4 Å². The van der Waals surface area contributed by atoms with Crippen molar-refractivity contribution in [1.29, 1.82) is 0 Å². The van der Waals surface area contributed by atoms with Crippen LogP contribution in [0.5, 0.6) is 5.75 Å². The van der Waals surface area contributed by atoms with E-state index < -0.39 is 0 Å². The quantitative estimate of drug-likeness (QED) is 0.223. The maximum atomic E-state index is 12.4. The molecule has 0 saturated carbocycles. The average Bonchev–Trinajstić information content (AvgIpc) is 3.11. The monoisotopic (exact) mass is 548 g/mol. The van der Waals surface area contributed by atoms with E-state index in [-0.39, 0.29) is 11.7 Å². The number of ether oxygens (including phenoxy) is 1. The third kappa shape index (κ3) is 6.10. The number of nitrogens with one attached hydrogen (secondary N) is 1. The molecule has 1 N–H and O–H groups in total. The van der Waals surface area contributed by atoms with Gasteiger partial charge < -0.3 is 10.1 Å². The third-order valence-corrected chi connectivity index (χ3v) is 6.45. The van der Waals surface area contributed by atoms with Gasteiger partial charge in [-0.2, -0.15) is 0 Å². The lowest BCUT2D eigenvalue weighted by Crippen LogP contribution is -2.15. The zero-order valence-electron chi connectivity index (χ0n) is 17.8. The molecule has 1 aromatic heterocycles. The first-order chi connectivity index (χ1) is 14.9. The lowest BCUT2D eigenvalue weighted by atomic mass is 10.1. The summed E-state index contributed by atoms with van der Waals surface area (Å²) in [5.74, 6) is 1.67. The van der Waals surface area contributed by atoms with Gasteiger partial charge in [-0.15, -0.1) is 16.8 Å². The maximum Gasteiger partial charge on any atom is 0.234 e. The molecule has 0 aliphatic rings. The fourth-order valence-corrected chi connectivity index (χ4v) is 4.37. The molecule has 0 spiro atoms. The van der Waals surface area contributed by atoms with E-state index in [1.165, 1.54) is 17.3 Å². The minimum atomic E-state index is -0.0874. The standard InChI is InChI=1S/C23H25IN4O2S/c1-5-11-28-21(13-30-20-8-6-7-15(2)17(20)4)26-27-23(28)31-14-22(29)25-19-10-9-18(24)12-16(19)3/h5-10,12H,1,11,13-14H2,2-4H3,(H,25,29). The lowest BCUT2D eigenvalue weighted by Gasteiger charge is -2.12. The molecule has 31 heavy (non-hydrogen) atoms. The SMILES string of the molecule is C=CCn1c(COc2cccc(C)c2C)nnc1SCC(=O)Nc1ccc(I)cc1C. The number of rotatable bonds is 9. The first kappa shape index (κ1) is 23.3.